The molecular formula is C13H16N2O3. The number of imide groups is 1. The summed E-state index contributed by atoms with van der Waals surface area (Å²) in [6, 6.07) is 8.14. The van der Waals surface area contributed by atoms with Crippen LogP contribution in [-0.4, -0.2) is 31.2 Å². The van der Waals surface area contributed by atoms with Crippen LogP contribution in [-0.2, 0) is 4.74 Å². The fourth-order valence-electron chi connectivity index (χ4n) is 1.82. The number of rotatable bonds is 3. The molecule has 0 radical (unpaired) electrons. The number of carbonyl (C=O) groups is 2. The molecule has 0 spiro atoms. The number of ether oxygens (including phenoxy) is 1. The lowest BCUT2D eigenvalue weighted by atomic mass is 10.2. The molecule has 1 atom stereocenters. The van der Waals surface area contributed by atoms with Gasteiger partial charge in [-0.2, -0.15) is 0 Å². The van der Waals surface area contributed by atoms with Crippen LogP contribution < -0.4 is 10.6 Å². The van der Waals surface area contributed by atoms with Gasteiger partial charge in [-0.05, 0) is 25.0 Å². The van der Waals surface area contributed by atoms with Crippen LogP contribution in [0.15, 0.2) is 30.3 Å². The molecule has 2 N–H and O–H groups in total. The third kappa shape index (κ3) is 3.56. The zero-order chi connectivity index (χ0) is 12.8. The average molecular weight is 248 g/mol. The summed E-state index contributed by atoms with van der Waals surface area (Å²) in [4.78, 5) is 23.1. The van der Waals surface area contributed by atoms with Crippen LogP contribution in [0.1, 0.15) is 23.2 Å². The van der Waals surface area contributed by atoms with Crippen LogP contribution in [0.4, 0.5) is 4.79 Å². The van der Waals surface area contributed by atoms with Gasteiger partial charge in [0, 0.05) is 18.7 Å². The topological polar surface area (TPSA) is 67.4 Å². The van der Waals surface area contributed by atoms with Gasteiger partial charge in [0.2, 0.25) is 0 Å². The molecule has 0 unspecified atom stereocenters. The Labute approximate surface area is 106 Å². The number of nitrogens with one attached hydrogen (secondary N) is 2. The summed E-state index contributed by atoms with van der Waals surface area (Å²) < 4.78 is 5.37. The molecule has 1 aromatic carbocycles. The molecule has 5 nitrogen and oxygen atoms in total. The predicted octanol–water partition coefficient (Wildman–Crippen LogP) is 1.30. The van der Waals surface area contributed by atoms with E-state index in [1.165, 1.54) is 0 Å². The predicted molar refractivity (Wildman–Crippen MR) is 66.3 cm³/mol. The van der Waals surface area contributed by atoms with Gasteiger partial charge in [0.15, 0.2) is 0 Å². The van der Waals surface area contributed by atoms with E-state index in [1.807, 2.05) is 6.07 Å². The molecule has 0 saturated carbocycles. The minimum absolute atomic E-state index is 0.0718. The molecule has 18 heavy (non-hydrogen) atoms. The second-order valence-corrected chi connectivity index (χ2v) is 4.17. The van der Waals surface area contributed by atoms with Gasteiger partial charge < -0.3 is 10.1 Å². The van der Waals surface area contributed by atoms with Gasteiger partial charge in [0.1, 0.15) is 0 Å². The SMILES string of the molecule is O=C(NC[C@@H]1CCCO1)NC(=O)c1ccccc1. The molecule has 1 aliphatic rings. The third-order valence-electron chi connectivity index (χ3n) is 2.78. The first-order valence-electron chi connectivity index (χ1n) is 6.01. The minimum atomic E-state index is -0.487. The van der Waals surface area contributed by atoms with Crippen LogP contribution in [0, 0.1) is 0 Å². The summed E-state index contributed by atoms with van der Waals surface area (Å²) in [6.45, 7) is 1.19. The number of carbonyl (C=O) groups excluding carboxylic acids is 2. The zero-order valence-corrected chi connectivity index (χ0v) is 10.0. The Morgan fingerprint density at radius 3 is 2.72 bits per heavy atom. The van der Waals surface area contributed by atoms with E-state index in [1.54, 1.807) is 24.3 Å². The number of amides is 3. The van der Waals surface area contributed by atoms with Crippen LogP contribution in [0.25, 0.3) is 0 Å². The van der Waals surface area contributed by atoms with E-state index in [-0.39, 0.29) is 6.10 Å². The Morgan fingerprint density at radius 1 is 1.28 bits per heavy atom. The molecule has 3 amide bonds. The van der Waals surface area contributed by atoms with Crippen LogP contribution in [0.3, 0.4) is 0 Å². The number of benzene rings is 1. The van der Waals surface area contributed by atoms with Crippen molar-refractivity contribution in [1.82, 2.24) is 10.6 Å². The van der Waals surface area contributed by atoms with Gasteiger partial charge in [0.05, 0.1) is 6.10 Å². The molecule has 1 saturated heterocycles. The fourth-order valence-corrected chi connectivity index (χ4v) is 1.82. The molecule has 0 aliphatic carbocycles. The van der Waals surface area contributed by atoms with E-state index < -0.39 is 11.9 Å². The lowest BCUT2D eigenvalue weighted by molar-refractivity contribution is 0.0954. The van der Waals surface area contributed by atoms with Gasteiger partial charge in [0.25, 0.3) is 5.91 Å². The molecule has 1 fully saturated rings. The summed E-state index contributed by atoms with van der Waals surface area (Å²) in [5.41, 5.74) is 0.463. The fraction of sp³-hybridized carbons (Fsp3) is 0.385. The first-order chi connectivity index (χ1) is 8.75. The third-order valence-corrected chi connectivity index (χ3v) is 2.78. The Kier molecular flexibility index (Phi) is 4.30. The second-order valence-electron chi connectivity index (χ2n) is 4.17. The quantitative estimate of drug-likeness (QED) is 0.847. The summed E-state index contributed by atoms with van der Waals surface area (Å²) >= 11 is 0. The molecule has 2 rings (SSSR count). The van der Waals surface area contributed by atoms with Gasteiger partial charge in [-0.3, -0.25) is 10.1 Å². The van der Waals surface area contributed by atoms with E-state index in [4.69, 9.17) is 4.74 Å². The van der Waals surface area contributed by atoms with Crippen molar-refractivity contribution >= 4 is 11.9 Å². The summed E-state index contributed by atoms with van der Waals surface area (Å²) in [6.07, 6.45) is 2.05. The largest absolute Gasteiger partial charge is 0.376 e. The van der Waals surface area contributed by atoms with E-state index >= 15 is 0 Å². The summed E-state index contributed by atoms with van der Waals surface area (Å²) in [7, 11) is 0. The van der Waals surface area contributed by atoms with Gasteiger partial charge >= 0.3 is 6.03 Å². The van der Waals surface area contributed by atoms with Crippen molar-refractivity contribution in [3.8, 4) is 0 Å². The Morgan fingerprint density at radius 2 is 2.06 bits per heavy atom. The van der Waals surface area contributed by atoms with Crippen molar-refractivity contribution in [3.63, 3.8) is 0 Å². The second kappa shape index (κ2) is 6.16. The van der Waals surface area contributed by atoms with Crippen molar-refractivity contribution in [2.24, 2.45) is 0 Å². The maximum Gasteiger partial charge on any atom is 0.321 e. The van der Waals surface area contributed by atoms with Crippen LogP contribution >= 0.6 is 0 Å². The number of urea groups is 1. The average Bonchev–Trinajstić information content (AvgIpc) is 2.90. The molecule has 1 aromatic rings. The summed E-state index contributed by atoms with van der Waals surface area (Å²) in [5, 5.41) is 4.91. The standard InChI is InChI=1S/C13H16N2O3/c16-12(10-5-2-1-3-6-10)15-13(17)14-9-11-7-4-8-18-11/h1-3,5-6,11H,4,7-9H2,(H2,14,15,16,17)/t11-/m0/s1. The highest BCUT2D eigenvalue weighted by atomic mass is 16.5. The van der Waals surface area contributed by atoms with E-state index in [0.717, 1.165) is 19.4 Å². The number of hydrogen-bond donors (Lipinski definition) is 2. The molecule has 0 bridgehead atoms. The Balaban J connectivity index is 1.75. The molecule has 1 heterocycles. The summed E-state index contributed by atoms with van der Waals surface area (Å²) in [5.74, 6) is -0.402. The van der Waals surface area contributed by atoms with Crippen molar-refractivity contribution in [3.05, 3.63) is 35.9 Å². The van der Waals surface area contributed by atoms with Crippen LogP contribution in [0.2, 0.25) is 0 Å². The highest BCUT2D eigenvalue weighted by molar-refractivity contribution is 6.04. The van der Waals surface area contributed by atoms with Gasteiger partial charge in [-0.15, -0.1) is 0 Å². The zero-order valence-electron chi connectivity index (χ0n) is 10.0. The Bertz CT molecular complexity index is 414. The smallest absolute Gasteiger partial charge is 0.321 e. The van der Waals surface area contributed by atoms with Crippen molar-refractivity contribution in [2.45, 2.75) is 18.9 Å². The van der Waals surface area contributed by atoms with Gasteiger partial charge in [-0.25, -0.2) is 4.79 Å². The molecule has 1 aliphatic heterocycles. The maximum atomic E-state index is 11.6. The maximum absolute atomic E-state index is 11.6. The first-order valence-corrected chi connectivity index (χ1v) is 6.01. The molecule has 5 heteroatoms. The monoisotopic (exact) mass is 248 g/mol. The van der Waals surface area contributed by atoms with Crippen LogP contribution in [0.5, 0.6) is 0 Å². The normalized spacial score (nSPS) is 18.3. The van der Waals surface area contributed by atoms with Crippen molar-refractivity contribution in [1.29, 1.82) is 0 Å². The molecular weight excluding hydrogens is 232 g/mol. The minimum Gasteiger partial charge on any atom is -0.376 e. The highest BCUT2D eigenvalue weighted by Crippen LogP contribution is 2.10. The van der Waals surface area contributed by atoms with Gasteiger partial charge in [-0.1, -0.05) is 18.2 Å². The first kappa shape index (κ1) is 12.6. The van der Waals surface area contributed by atoms with E-state index in [0.29, 0.717) is 12.1 Å². The lowest BCUT2D eigenvalue weighted by Crippen LogP contribution is -2.42. The molecule has 96 valence electrons. The number of hydrogen-bond acceptors (Lipinski definition) is 3. The Hall–Kier alpha value is -1.88. The van der Waals surface area contributed by atoms with E-state index in [2.05, 4.69) is 10.6 Å². The lowest BCUT2D eigenvalue weighted by Gasteiger charge is -2.11. The van der Waals surface area contributed by atoms with E-state index in [9.17, 15) is 9.59 Å². The van der Waals surface area contributed by atoms with Crippen molar-refractivity contribution in [2.75, 3.05) is 13.2 Å². The highest BCUT2D eigenvalue weighted by Gasteiger charge is 2.17. The van der Waals surface area contributed by atoms with Crippen molar-refractivity contribution < 1.29 is 14.3 Å². The molecule has 0 aromatic heterocycles.